The van der Waals surface area contributed by atoms with E-state index in [-0.39, 0.29) is 12.1 Å². The zero-order chi connectivity index (χ0) is 15.9. The maximum Gasteiger partial charge on any atom is 0.461 e. The molecule has 0 N–H and O–H groups in total. The van der Waals surface area contributed by atoms with Crippen molar-refractivity contribution in [3.05, 3.63) is 28.5 Å². The van der Waals surface area contributed by atoms with Gasteiger partial charge in [-0.3, -0.25) is 4.79 Å². The summed E-state index contributed by atoms with van der Waals surface area (Å²) in [6, 6.07) is 0.186. The van der Waals surface area contributed by atoms with Crippen molar-refractivity contribution in [2.75, 3.05) is 0 Å². The van der Waals surface area contributed by atoms with Crippen LogP contribution in [-0.4, -0.2) is 22.9 Å². The highest BCUT2D eigenvalue weighted by molar-refractivity contribution is 6.33. The highest BCUT2D eigenvalue weighted by Gasteiger charge is 2.63. The van der Waals surface area contributed by atoms with E-state index >= 15 is 0 Å². The third-order valence-corrected chi connectivity index (χ3v) is 2.31. The molecule has 1 aromatic heterocycles. The first kappa shape index (κ1) is 16.6. The Balaban J connectivity index is 3.27. The summed E-state index contributed by atoms with van der Waals surface area (Å²) in [5.41, 5.74) is -3.09. The van der Waals surface area contributed by atoms with Gasteiger partial charge in [-0.2, -0.15) is 35.1 Å². The first-order valence-corrected chi connectivity index (χ1v) is 4.89. The lowest BCUT2D eigenvalue weighted by molar-refractivity contribution is -0.255. The van der Waals surface area contributed by atoms with E-state index in [1.165, 1.54) is 0 Å². The molecule has 0 spiro atoms. The monoisotopic (exact) mass is 327 g/mol. The summed E-state index contributed by atoms with van der Waals surface area (Å²) in [4.78, 5) is 13.6. The molecule has 0 saturated carbocycles. The smallest absolute Gasteiger partial charge is 0.287 e. The molecule has 11 heteroatoms. The van der Waals surface area contributed by atoms with Crippen LogP contribution < -0.4 is 0 Å². The summed E-state index contributed by atoms with van der Waals surface area (Å²) in [6.45, 7) is 0. The van der Waals surface area contributed by atoms with E-state index in [0.717, 1.165) is 0 Å². The Morgan fingerprint density at radius 3 is 1.85 bits per heavy atom. The van der Waals surface area contributed by atoms with Gasteiger partial charge < -0.3 is 0 Å². The quantitative estimate of drug-likeness (QED) is 0.464. The number of rotatable bonds is 2. The van der Waals surface area contributed by atoms with Crippen LogP contribution in [-0.2, 0) is 6.18 Å². The average molecular weight is 328 g/mol. The molecule has 0 fully saturated rings. The fourth-order valence-electron chi connectivity index (χ4n) is 1.06. The molecule has 1 rings (SSSR count). The van der Waals surface area contributed by atoms with Crippen LogP contribution in [0, 0.1) is 0 Å². The molecule has 20 heavy (non-hydrogen) atoms. The van der Waals surface area contributed by atoms with Gasteiger partial charge in [0.25, 0.3) is 0 Å². The lowest BCUT2D eigenvalue weighted by Gasteiger charge is -2.18. The molecule has 0 aliphatic rings. The molecule has 1 aromatic rings. The number of halogens is 9. The minimum absolute atomic E-state index is 0.0750. The Bertz CT molecular complexity index is 536. The first-order chi connectivity index (χ1) is 8.78. The predicted octanol–water partition coefficient (Wildman–Crippen LogP) is 4.13. The molecule has 0 aliphatic carbocycles. The van der Waals surface area contributed by atoms with Crippen LogP contribution >= 0.6 is 11.6 Å². The van der Waals surface area contributed by atoms with Crippen LogP contribution in [0.4, 0.5) is 35.1 Å². The van der Waals surface area contributed by atoms with Gasteiger partial charge in [-0.1, -0.05) is 11.6 Å². The number of hydrogen-bond acceptors (Lipinski definition) is 2. The van der Waals surface area contributed by atoms with Crippen LogP contribution in [0.15, 0.2) is 12.1 Å². The molecule has 0 aliphatic heterocycles. The van der Waals surface area contributed by atoms with Crippen molar-refractivity contribution in [2.24, 2.45) is 0 Å². The van der Waals surface area contributed by atoms with Gasteiger partial charge in [0.2, 0.25) is 5.78 Å². The minimum atomic E-state index is -6.20. The molecule has 0 aromatic carbocycles. The number of hydrogen-bond donors (Lipinski definition) is 0. The Morgan fingerprint density at radius 1 is 1.00 bits per heavy atom. The highest BCUT2D eigenvalue weighted by atomic mass is 35.5. The Kier molecular flexibility index (Phi) is 4.01. The number of Topliss-reactive ketones (excluding diaryl/α,β-unsaturated/α-hetero) is 1. The van der Waals surface area contributed by atoms with E-state index in [2.05, 4.69) is 4.98 Å². The molecule has 0 unspecified atom stereocenters. The normalized spacial score (nSPS) is 13.4. The van der Waals surface area contributed by atoms with E-state index in [9.17, 15) is 39.9 Å². The van der Waals surface area contributed by atoms with E-state index in [1.54, 1.807) is 0 Å². The molecule has 0 atom stereocenters. The molecule has 112 valence electrons. The number of carbonyl (C=O) groups is 1. The van der Waals surface area contributed by atoms with Crippen molar-refractivity contribution >= 4 is 17.4 Å². The van der Waals surface area contributed by atoms with Crippen LogP contribution in [0.1, 0.15) is 16.1 Å². The van der Waals surface area contributed by atoms with E-state index in [1.807, 2.05) is 0 Å². The largest absolute Gasteiger partial charge is 0.461 e. The number of pyridine rings is 1. The number of aromatic nitrogens is 1. The van der Waals surface area contributed by atoms with Gasteiger partial charge in [0.1, 0.15) is 10.8 Å². The lowest BCUT2D eigenvalue weighted by Crippen LogP contribution is -2.44. The second-order valence-electron chi connectivity index (χ2n) is 3.43. The van der Waals surface area contributed by atoms with Gasteiger partial charge in [-0.15, -0.1) is 0 Å². The third kappa shape index (κ3) is 3.00. The fourth-order valence-corrected chi connectivity index (χ4v) is 1.30. The van der Waals surface area contributed by atoms with Crippen LogP contribution in [0.25, 0.3) is 0 Å². The zero-order valence-corrected chi connectivity index (χ0v) is 9.67. The van der Waals surface area contributed by atoms with Crippen molar-refractivity contribution in [3.8, 4) is 0 Å². The van der Waals surface area contributed by atoms with Gasteiger partial charge in [0, 0.05) is 0 Å². The van der Waals surface area contributed by atoms with Gasteiger partial charge in [-0.05, 0) is 12.1 Å². The minimum Gasteiger partial charge on any atom is -0.287 e. The van der Waals surface area contributed by atoms with Crippen molar-refractivity contribution in [1.82, 2.24) is 4.98 Å². The van der Waals surface area contributed by atoms with Crippen molar-refractivity contribution in [2.45, 2.75) is 18.3 Å². The molecular formula is C9H2ClF8NO. The van der Waals surface area contributed by atoms with E-state index in [4.69, 9.17) is 11.6 Å². The molecule has 2 nitrogen and oxygen atoms in total. The SMILES string of the molecule is O=C(c1ccc(C(F)(F)F)nc1Cl)C(F)(F)C(F)(F)F. The second-order valence-corrected chi connectivity index (χ2v) is 3.79. The molecule has 1 heterocycles. The van der Waals surface area contributed by atoms with Crippen LogP contribution in [0.2, 0.25) is 5.15 Å². The van der Waals surface area contributed by atoms with Crippen LogP contribution in [0.3, 0.4) is 0 Å². The van der Waals surface area contributed by atoms with Gasteiger partial charge in [0.05, 0.1) is 5.56 Å². The molecule has 0 radical (unpaired) electrons. The summed E-state index contributed by atoms with van der Waals surface area (Å²) in [7, 11) is 0. The third-order valence-electron chi connectivity index (χ3n) is 2.02. The number of nitrogens with zero attached hydrogens (tertiary/aromatic N) is 1. The maximum atomic E-state index is 12.7. The van der Waals surface area contributed by atoms with Gasteiger partial charge in [-0.25, -0.2) is 4.98 Å². The fraction of sp³-hybridized carbons (Fsp3) is 0.333. The number of carbonyl (C=O) groups excluding carboxylic acids is 1. The predicted molar refractivity (Wildman–Crippen MR) is 49.6 cm³/mol. The zero-order valence-electron chi connectivity index (χ0n) is 8.91. The van der Waals surface area contributed by atoms with Crippen molar-refractivity contribution in [1.29, 1.82) is 0 Å². The van der Waals surface area contributed by atoms with E-state index < -0.39 is 40.5 Å². The van der Waals surface area contributed by atoms with Crippen LogP contribution in [0.5, 0.6) is 0 Å². The topological polar surface area (TPSA) is 30.0 Å². The summed E-state index contributed by atoms with van der Waals surface area (Å²) in [5.74, 6) is -8.56. The Hall–Kier alpha value is -1.45. The second kappa shape index (κ2) is 4.83. The summed E-state index contributed by atoms with van der Waals surface area (Å²) >= 11 is 5.05. The summed E-state index contributed by atoms with van der Waals surface area (Å²) in [5, 5.41) is -1.39. The van der Waals surface area contributed by atoms with Gasteiger partial charge in [0.15, 0.2) is 0 Å². The van der Waals surface area contributed by atoms with Gasteiger partial charge >= 0.3 is 18.3 Å². The number of alkyl halides is 8. The maximum absolute atomic E-state index is 12.7. The van der Waals surface area contributed by atoms with Crippen molar-refractivity contribution < 1.29 is 39.9 Å². The lowest BCUT2D eigenvalue weighted by atomic mass is 10.1. The molecule has 0 saturated heterocycles. The first-order valence-electron chi connectivity index (χ1n) is 4.51. The summed E-state index contributed by atoms with van der Waals surface area (Å²) in [6.07, 6.45) is -11.2. The Labute approximate surface area is 110 Å². The number of ketones is 1. The Morgan fingerprint density at radius 2 is 1.50 bits per heavy atom. The average Bonchev–Trinajstić information content (AvgIpc) is 2.25. The molecular weight excluding hydrogens is 326 g/mol. The standard InChI is InChI=1S/C9H2ClF8NO/c10-6-3(1-2-4(19-6)8(13,14)15)5(20)7(11,12)9(16,17)18/h1-2H. The molecule has 0 amide bonds. The highest BCUT2D eigenvalue weighted by Crippen LogP contribution is 2.39. The molecule has 0 bridgehead atoms. The summed E-state index contributed by atoms with van der Waals surface area (Å²) < 4.78 is 97.9. The van der Waals surface area contributed by atoms with E-state index in [0.29, 0.717) is 0 Å². The van der Waals surface area contributed by atoms with Crippen molar-refractivity contribution in [3.63, 3.8) is 0 Å².